The molecule has 2 unspecified atom stereocenters. The molecule has 0 amide bonds. The van der Waals surface area contributed by atoms with E-state index < -0.39 is 0 Å². The first-order chi connectivity index (χ1) is 7.22. The lowest BCUT2D eigenvalue weighted by molar-refractivity contribution is -0.0675. The van der Waals surface area contributed by atoms with E-state index in [2.05, 4.69) is 21.8 Å². The summed E-state index contributed by atoms with van der Waals surface area (Å²) in [6, 6.07) is 1.48. The van der Waals surface area contributed by atoms with Crippen LogP contribution in [0.25, 0.3) is 0 Å². The summed E-state index contributed by atoms with van der Waals surface area (Å²) < 4.78 is 5.23. The van der Waals surface area contributed by atoms with Gasteiger partial charge in [-0.05, 0) is 13.5 Å². The van der Waals surface area contributed by atoms with Crippen molar-refractivity contribution in [3.63, 3.8) is 0 Å². The number of aryl methyl sites for hydroxylation is 1. The highest BCUT2D eigenvalue weighted by atomic mass is 16.3. The van der Waals surface area contributed by atoms with Crippen LogP contribution in [-0.4, -0.2) is 47.0 Å². The molecular weight excluding hydrogens is 190 g/mol. The van der Waals surface area contributed by atoms with E-state index in [1.165, 1.54) is 19.5 Å². The normalized spacial score (nSPS) is 31.6. The van der Waals surface area contributed by atoms with Gasteiger partial charge in [-0.3, -0.25) is 4.90 Å². The molecule has 4 nitrogen and oxygen atoms in total. The number of hydrogen-bond donors (Lipinski definition) is 0. The second-order valence-electron chi connectivity index (χ2n) is 4.79. The molecule has 2 aliphatic heterocycles. The summed E-state index contributed by atoms with van der Waals surface area (Å²) in [4.78, 5) is 9.33. The van der Waals surface area contributed by atoms with Crippen molar-refractivity contribution in [1.82, 2.24) is 14.8 Å². The number of fused-ring (bicyclic) bond motifs is 2. The van der Waals surface area contributed by atoms with Gasteiger partial charge in [0.2, 0.25) is 0 Å². The summed E-state index contributed by atoms with van der Waals surface area (Å²) in [7, 11) is 2.21. The molecular formula is C11H17N3O. The Bertz CT molecular complexity index is 350. The van der Waals surface area contributed by atoms with Gasteiger partial charge in [-0.2, -0.15) is 0 Å². The number of aromatic nitrogens is 1. The summed E-state index contributed by atoms with van der Waals surface area (Å²) >= 11 is 0. The van der Waals surface area contributed by atoms with Crippen molar-refractivity contribution in [3.8, 4) is 0 Å². The van der Waals surface area contributed by atoms with E-state index in [1.807, 2.05) is 6.92 Å². The summed E-state index contributed by atoms with van der Waals surface area (Å²) in [5, 5.41) is 0. The Morgan fingerprint density at radius 3 is 2.80 bits per heavy atom. The Kier molecular flexibility index (Phi) is 2.07. The molecule has 3 rings (SSSR count). The van der Waals surface area contributed by atoms with E-state index in [0.717, 1.165) is 30.2 Å². The molecule has 1 aromatic heterocycles. The van der Waals surface area contributed by atoms with Gasteiger partial charge >= 0.3 is 0 Å². The van der Waals surface area contributed by atoms with Crippen LogP contribution in [0.4, 0.5) is 0 Å². The van der Waals surface area contributed by atoms with Crippen LogP contribution in [-0.2, 0) is 6.54 Å². The van der Waals surface area contributed by atoms with Gasteiger partial charge in [-0.1, -0.05) is 0 Å². The number of piperidine rings is 1. The largest absolute Gasteiger partial charge is 0.449 e. The smallest absolute Gasteiger partial charge is 0.191 e. The number of hydrogen-bond acceptors (Lipinski definition) is 4. The van der Waals surface area contributed by atoms with Crippen LogP contribution in [0.5, 0.6) is 0 Å². The highest BCUT2D eigenvalue weighted by Gasteiger charge is 2.43. The van der Waals surface area contributed by atoms with Gasteiger partial charge in [0.15, 0.2) is 5.89 Å². The maximum absolute atomic E-state index is 5.23. The molecule has 0 aliphatic carbocycles. The number of nitrogens with zero attached hydrogens (tertiary/aromatic N) is 3. The molecule has 2 atom stereocenters. The Labute approximate surface area is 89.9 Å². The van der Waals surface area contributed by atoms with Gasteiger partial charge in [0.1, 0.15) is 6.26 Å². The lowest BCUT2D eigenvalue weighted by Crippen LogP contribution is -2.67. The average molecular weight is 207 g/mol. The summed E-state index contributed by atoms with van der Waals surface area (Å²) in [6.07, 6.45) is 3.15. The fraction of sp³-hybridized carbons (Fsp3) is 0.727. The van der Waals surface area contributed by atoms with Crippen LogP contribution < -0.4 is 0 Å². The molecule has 3 heterocycles. The zero-order valence-corrected chi connectivity index (χ0v) is 9.31. The van der Waals surface area contributed by atoms with Gasteiger partial charge in [0.25, 0.3) is 0 Å². The van der Waals surface area contributed by atoms with E-state index in [4.69, 9.17) is 4.42 Å². The van der Waals surface area contributed by atoms with Gasteiger partial charge in [0, 0.05) is 38.6 Å². The molecule has 0 aromatic carbocycles. The van der Waals surface area contributed by atoms with Gasteiger partial charge < -0.3 is 9.32 Å². The molecule has 0 N–H and O–H groups in total. The van der Waals surface area contributed by atoms with Crippen molar-refractivity contribution in [1.29, 1.82) is 0 Å². The van der Waals surface area contributed by atoms with Gasteiger partial charge in [0.05, 0.1) is 5.69 Å². The van der Waals surface area contributed by atoms with Gasteiger partial charge in [-0.15, -0.1) is 0 Å². The van der Waals surface area contributed by atoms with Crippen molar-refractivity contribution in [2.45, 2.75) is 32.0 Å². The van der Waals surface area contributed by atoms with Crippen molar-refractivity contribution >= 4 is 0 Å². The standard InChI is InChI=1S/C11H17N3O/c1-8-12-9(7-15-8)4-14-10-3-11(14)6-13(2)5-10/h7,10-11H,3-6H2,1-2H3. The molecule has 15 heavy (non-hydrogen) atoms. The molecule has 2 fully saturated rings. The number of rotatable bonds is 2. The van der Waals surface area contributed by atoms with Crippen LogP contribution in [0.1, 0.15) is 18.0 Å². The zero-order chi connectivity index (χ0) is 10.4. The maximum Gasteiger partial charge on any atom is 0.191 e. The minimum absolute atomic E-state index is 0.741. The lowest BCUT2D eigenvalue weighted by Gasteiger charge is -2.55. The monoisotopic (exact) mass is 207 g/mol. The molecule has 2 aliphatic rings. The SMILES string of the molecule is Cc1nc(CN2C3CC2CN(C)C3)co1. The molecule has 2 saturated heterocycles. The molecule has 0 radical (unpaired) electrons. The first kappa shape index (κ1) is 9.36. The van der Waals surface area contributed by atoms with Crippen molar-refractivity contribution in [3.05, 3.63) is 17.8 Å². The van der Waals surface area contributed by atoms with Crippen LogP contribution in [0.2, 0.25) is 0 Å². The third-order valence-electron chi connectivity index (χ3n) is 3.54. The van der Waals surface area contributed by atoms with Crippen LogP contribution >= 0.6 is 0 Å². The van der Waals surface area contributed by atoms with Crippen LogP contribution in [0, 0.1) is 6.92 Å². The highest BCUT2D eigenvalue weighted by molar-refractivity contribution is 5.04. The summed E-state index contributed by atoms with van der Waals surface area (Å²) in [5.74, 6) is 0.771. The first-order valence-corrected chi connectivity index (χ1v) is 5.57. The highest BCUT2D eigenvalue weighted by Crippen LogP contribution is 2.32. The van der Waals surface area contributed by atoms with Crippen LogP contribution in [0.3, 0.4) is 0 Å². The molecule has 2 bridgehead atoms. The summed E-state index contributed by atoms with van der Waals surface area (Å²) in [5.41, 5.74) is 1.08. The van der Waals surface area contributed by atoms with E-state index >= 15 is 0 Å². The number of piperazine rings is 1. The second-order valence-corrected chi connectivity index (χ2v) is 4.79. The van der Waals surface area contributed by atoms with E-state index in [9.17, 15) is 0 Å². The minimum atomic E-state index is 0.741. The Morgan fingerprint density at radius 1 is 1.47 bits per heavy atom. The van der Waals surface area contributed by atoms with Crippen molar-refractivity contribution in [2.24, 2.45) is 0 Å². The van der Waals surface area contributed by atoms with E-state index in [1.54, 1.807) is 6.26 Å². The predicted octanol–water partition coefficient (Wildman–Crippen LogP) is 0.871. The zero-order valence-electron chi connectivity index (χ0n) is 9.31. The Hall–Kier alpha value is -0.870. The first-order valence-electron chi connectivity index (χ1n) is 5.57. The maximum atomic E-state index is 5.23. The molecule has 1 aromatic rings. The van der Waals surface area contributed by atoms with E-state index in [0.29, 0.717) is 0 Å². The Balaban J connectivity index is 1.66. The molecule has 0 spiro atoms. The lowest BCUT2D eigenvalue weighted by atomic mass is 9.87. The fourth-order valence-electron chi connectivity index (χ4n) is 2.82. The van der Waals surface area contributed by atoms with Crippen LogP contribution in [0.15, 0.2) is 10.7 Å². The molecule has 4 heteroatoms. The van der Waals surface area contributed by atoms with Crippen molar-refractivity contribution in [2.75, 3.05) is 20.1 Å². The summed E-state index contributed by atoms with van der Waals surface area (Å²) in [6.45, 7) is 5.26. The minimum Gasteiger partial charge on any atom is -0.449 e. The number of oxazole rings is 1. The molecule has 0 saturated carbocycles. The molecule has 82 valence electrons. The third kappa shape index (κ3) is 1.58. The topological polar surface area (TPSA) is 32.5 Å². The van der Waals surface area contributed by atoms with E-state index in [-0.39, 0.29) is 0 Å². The predicted molar refractivity (Wildman–Crippen MR) is 56.5 cm³/mol. The average Bonchev–Trinajstić information content (AvgIpc) is 2.60. The quantitative estimate of drug-likeness (QED) is 0.720. The number of likely N-dealkylation sites (tertiary alicyclic amines) is 2. The van der Waals surface area contributed by atoms with Crippen molar-refractivity contribution < 1.29 is 4.42 Å². The Morgan fingerprint density at radius 2 is 2.20 bits per heavy atom. The number of likely N-dealkylation sites (N-methyl/N-ethyl adjacent to an activating group) is 1. The van der Waals surface area contributed by atoms with Gasteiger partial charge in [-0.25, -0.2) is 4.98 Å². The fourth-order valence-corrected chi connectivity index (χ4v) is 2.82. The second kappa shape index (κ2) is 3.32. The third-order valence-corrected chi connectivity index (χ3v) is 3.54.